The molecular weight excluding hydrogens is 691 g/mol. The first-order chi connectivity index (χ1) is 28.0. The highest BCUT2D eigenvalue weighted by atomic mass is 16.3. The SMILES string of the molecule is CC1(C)c2ccccc2-c2ccc(N(c3ccc(-c4ccccc4)cc3)c3ccc(-c4cc5oc6ccccc6c5cc4-c4cccc5ccccc45)cc3)cc21. The third-order valence-electron chi connectivity index (χ3n) is 12.1. The quantitative estimate of drug-likeness (QED) is 0.169. The molecule has 0 aliphatic heterocycles. The Morgan fingerprint density at radius 3 is 1.75 bits per heavy atom. The van der Waals surface area contributed by atoms with Crippen molar-refractivity contribution in [2.45, 2.75) is 19.3 Å². The lowest BCUT2D eigenvalue weighted by Gasteiger charge is -2.28. The minimum atomic E-state index is -0.109. The number of hydrogen-bond acceptors (Lipinski definition) is 2. The van der Waals surface area contributed by atoms with Gasteiger partial charge in [0.2, 0.25) is 0 Å². The first-order valence-corrected chi connectivity index (χ1v) is 19.8. The molecule has 0 unspecified atom stereocenters. The Bertz CT molecular complexity index is 3130. The van der Waals surface area contributed by atoms with E-state index in [4.69, 9.17) is 4.42 Å². The predicted octanol–water partition coefficient (Wildman–Crippen LogP) is 15.5. The normalized spacial score (nSPS) is 12.9. The van der Waals surface area contributed by atoms with Gasteiger partial charge in [-0.15, -0.1) is 0 Å². The molecule has 0 spiro atoms. The largest absolute Gasteiger partial charge is 0.456 e. The average Bonchev–Trinajstić information content (AvgIpc) is 3.75. The van der Waals surface area contributed by atoms with Crippen LogP contribution in [0.3, 0.4) is 0 Å². The lowest BCUT2D eigenvalue weighted by molar-refractivity contribution is 0.660. The van der Waals surface area contributed by atoms with Crippen molar-refractivity contribution in [3.63, 3.8) is 0 Å². The molecule has 0 saturated heterocycles. The molecule has 2 heteroatoms. The van der Waals surface area contributed by atoms with E-state index < -0.39 is 0 Å². The molecule has 0 fully saturated rings. The second-order valence-corrected chi connectivity index (χ2v) is 15.7. The first kappa shape index (κ1) is 33.2. The molecule has 0 radical (unpaired) electrons. The van der Waals surface area contributed by atoms with E-state index in [1.54, 1.807) is 0 Å². The van der Waals surface area contributed by atoms with Crippen molar-refractivity contribution < 1.29 is 4.42 Å². The number of rotatable bonds is 6. The highest BCUT2D eigenvalue weighted by Gasteiger charge is 2.35. The number of anilines is 3. The zero-order valence-electron chi connectivity index (χ0n) is 31.9. The first-order valence-electron chi connectivity index (χ1n) is 19.8. The van der Waals surface area contributed by atoms with Crippen LogP contribution in [0.2, 0.25) is 0 Å². The van der Waals surface area contributed by atoms with Gasteiger partial charge >= 0.3 is 0 Å². The number of nitrogens with zero attached hydrogens (tertiary/aromatic N) is 1. The van der Waals surface area contributed by atoms with Gasteiger partial charge < -0.3 is 9.32 Å². The molecule has 10 aromatic rings. The van der Waals surface area contributed by atoms with E-state index in [0.29, 0.717) is 0 Å². The van der Waals surface area contributed by atoms with Crippen molar-refractivity contribution >= 4 is 49.8 Å². The van der Waals surface area contributed by atoms with Crippen LogP contribution in [0.15, 0.2) is 205 Å². The molecule has 0 N–H and O–H groups in total. The predicted molar refractivity (Wildman–Crippen MR) is 240 cm³/mol. The van der Waals surface area contributed by atoms with Crippen LogP contribution in [0.4, 0.5) is 17.1 Å². The highest BCUT2D eigenvalue weighted by Crippen LogP contribution is 2.51. The summed E-state index contributed by atoms with van der Waals surface area (Å²) in [5.41, 5.74) is 17.5. The zero-order chi connectivity index (χ0) is 38.1. The maximum Gasteiger partial charge on any atom is 0.136 e. The second-order valence-electron chi connectivity index (χ2n) is 15.7. The van der Waals surface area contributed by atoms with Gasteiger partial charge in [-0.25, -0.2) is 0 Å². The molecule has 1 aliphatic carbocycles. The number of para-hydroxylation sites is 1. The van der Waals surface area contributed by atoms with Gasteiger partial charge in [-0.1, -0.05) is 159 Å². The van der Waals surface area contributed by atoms with Crippen molar-refractivity contribution in [1.29, 1.82) is 0 Å². The van der Waals surface area contributed by atoms with E-state index in [1.807, 2.05) is 6.07 Å². The number of fused-ring (bicyclic) bond motifs is 7. The van der Waals surface area contributed by atoms with Crippen molar-refractivity contribution in [3.8, 4) is 44.5 Å². The fourth-order valence-corrected chi connectivity index (χ4v) is 9.20. The van der Waals surface area contributed by atoms with E-state index in [2.05, 4.69) is 213 Å². The smallest absolute Gasteiger partial charge is 0.136 e. The Kier molecular flexibility index (Phi) is 7.55. The van der Waals surface area contributed by atoms with E-state index in [9.17, 15) is 0 Å². The van der Waals surface area contributed by atoms with Gasteiger partial charge in [-0.3, -0.25) is 0 Å². The summed E-state index contributed by atoms with van der Waals surface area (Å²) in [6, 6.07) is 72.7. The Balaban J connectivity index is 1.07. The van der Waals surface area contributed by atoms with Gasteiger partial charge in [-0.2, -0.15) is 0 Å². The Morgan fingerprint density at radius 2 is 0.947 bits per heavy atom. The molecular formula is C55H39NO. The lowest BCUT2D eigenvalue weighted by Crippen LogP contribution is -2.16. The van der Waals surface area contributed by atoms with Crippen molar-refractivity contribution in [2.24, 2.45) is 0 Å². The standard InChI is InChI=1S/C55H39NO/c1-55(2)51-21-10-8-18-45(51)46-32-31-42(33-52(46)55)56(40-27-23-37(24-28-40)36-13-4-3-5-14-36)41-29-25-39(26-30-41)48-35-54-50(47-19-9-11-22-53(47)57-54)34-49(48)44-20-12-16-38-15-6-7-17-43(38)44/h3-35H,1-2H3. The summed E-state index contributed by atoms with van der Waals surface area (Å²) in [6.07, 6.45) is 0. The molecule has 1 aromatic heterocycles. The molecule has 270 valence electrons. The third kappa shape index (κ3) is 5.40. The molecule has 2 nitrogen and oxygen atoms in total. The minimum Gasteiger partial charge on any atom is -0.456 e. The van der Waals surface area contributed by atoms with Crippen LogP contribution in [-0.4, -0.2) is 0 Å². The summed E-state index contributed by atoms with van der Waals surface area (Å²) in [4.78, 5) is 2.39. The van der Waals surface area contributed by atoms with Crippen LogP contribution in [-0.2, 0) is 5.41 Å². The maximum absolute atomic E-state index is 6.48. The van der Waals surface area contributed by atoms with Crippen LogP contribution in [0.25, 0.3) is 77.2 Å². The molecule has 0 bridgehead atoms. The molecule has 1 aliphatic rings. The van der Waals surface area contributed by atoms with Crippen LogP contribution in [0.1, 0.15) is 25.0 Å². The summed E-state index contributed by atoms with van der Waals surface area (Å²) in [5.74, 6) is 0. The highest BCUT2D eigenvalue weighted by molar-refractivity contribution is 6.11. The van der Waals surface area contributed by atoms with Gasteiger partial charge in [0.25, 0.3) is 0 Å². The summed E-state index contributed by atoms with van der Waals surface area (Å²) < 4.78 is 6.48. The molecule has 11 rings (SSSR count). The van der Waals surface area contributed by atoms with Crippen molar-refractivity contribution in [3.05, 3.63) is 211 Å². The fourth-order valence-electron chi connectivity index (χ4n) is 9.20. The summed E-state index contributed by atoms with van der Waals surface area (Å²) in [7, 11) is 0. The maximum atomic E-state index is 6.48. The van der Waals surface area contributed by atoms with E-state index in [1.165, 1.54) is 55.3 Å². The topological polar surface area (TPSA) is 16.4 Å². The Labute approximate surface area is 332 Å². The van der Waals surface area contributed by atoms with Gasteiger partial charge in [0, 0.05) is 33.2 Å². The third-order valence-corrected chi connectivity index (χ3v) is 12.1. The van der Waals surface area contributed by atoms with Gasteiger partial charge in [0.1, 0.15) is 11.2 Å². The summed E-state index contributed by atoms with van der Waals surface area (Å²) in [5, 5.41) is 4.71. The van der Waals surface area contributed by atoms with Crippen molar-refractivity contribution in [1.82, 2.24) is 0 Å². The molecule has 9 aromatic carbocycles. The van der Waals surface area contributed by atoms with Crippen LogP contribution in [0, 0.1) is 0 Å². The van der Waals surface area contributed by atoms with E-state index in [0.717, 1.165) is 50.1 Å². The second kappa shape index (κ2) is 13.0. The fraction of sp³-hybridized carbons (Fsp3) is 0.0545. The summed E-state index contributed by atoms with van der Waals surface area (Å²) in [6.45, 7) is 4.70. The molecule has 57 heavy (non-hydrogen) atoms. The number of furan rings is 1. The Morgan fingerprint density at radius 1 is 0.351 bits per heavy atom. The molecule has 0 amide bonds. The zero-order valence-corrected chi connectivity index (χ0v) is 31.9. The van der Waals surface area contributed by atoms with Gasteiger partial charge in [0.15, 0.2) is 0 Å². The van der Waals surface area contributed by atoms with Crippen molar-refractivity contribution in [2.75, 3.05) is 4.90 Å². The van der Waals surface area contributed by atoms with Crippen LogP contribution in [0.5, 0.6) is 0 Å². The van der Waals surface area contributed by atoms with Gasteiger partial charge in [-0.05, 0) is 121 Å². The lowest BCUT2D eigenvalue weighted by atomic mass is 9.82. The number of benzene rings is 9. The average molecular weight is 730 g/mol. The van der Waals surface area contributed by atoms with Gasteiger partial charge in [0.05, 0.1) is 0 Å². The Hall–Kier alpha value is -7.16. The molecule has 0 saturated carbocycles. The minimum absolute atomic E-state index is 0.109. The van der Waals surface area contributed by atoms with Crippen LogP contribution >= 0.6 is 0 Å². The van der Waals surface area contributed by atoms with E-state index in [-0.39, 0.29) is 5.41 Å². The molecule has 0 atom stereocenters. The van der Waals surface area contributed by atoms with E-state index >= 15 is 0 Å². The summed E-state index contributed by atoms with van der Waals surface area (Å²) >= 11 is 0. The van der Waals surface area contributed by atoms with Crippen LogP contribution < -0.4 is 4.90 Å². The number of hydrogen-bond donors (Lipinski definition) is 0. The monoisotopic (exact) mass is 729 g/mol. The molecule has 1 heterocycles.